The molecule has 0 aliphatic heterocycles. The first-order chi connectivity index (χ1) is 17.4. The van der Waals surface area contributed by atoms with Gasteiger partial charge in [-0.2, -0.15) is 0 Å². The summed E-state index contributed by atoms with van der Waals surface area (Å²) < 4.78 is 10.2. The Hall–Kier alpha value is -3.55. The Bertz CT molecular complexity index is 1180. The van der Waals surface area contributed by atoms with E-state index in [-0.39, 0.29) is 19.4 Å². The lowest BCUT2D eigenvalue weighted by Gasteiger charge is -2.22. The molecule has 0 unspecified atom stereocenters. The van der Waals surface area contributed by atoms with Crippen LogP contribution in [0.25, 0.3) is 0 Å². The van der Waals surface area contributed by atoms with Gasteiger partial charge in [0.2, 0.25) is 5.91 Å². The van der Waals surface area contributed by atoms with Gasteiger partial charge in [-0.3, -0.25) is 4.79 Å². The molecule has 188 valence electrons. The first kappa shape index (κ1) is 27.0. The topological polar surface area (TPSA) is 93.7 Å². The monoisotopic (exact) mass is 528 g/mol. The van der Waals surface area contributed by atoms with Crippen LogP contribution in [-0.4, -0.2) is 37.2 Å². The summed E-state index contributed by atoms with van der Waals surface area (Å²) in [5.74, 6) is -1.23. The van der Waals surface area contributed by atoms with Crippen molar-refractivity contribution in [1.82, 2.24) is 10.6 Å². The van der Waals surface area contributed by atoms with Gasteiger partial charge >= 0.3 is 12.1 Å². The molecule has 3 rings (SSSR count). The highest BCUT2D eigenvalue weighted by atomic mass is 35.5. The van der Waals surface area contributed by atoms with Gasteiger partial charge in [0.25, 0.3) is 0 Å². The minimum atomic E-state index is -1.04. The van der Waals surface area contributed by atoms with Crippen LogP contribution in [-0.2, 0) is 38.5 Å². The van der Waals surface area contributed by atoms with Crippen molar-refractivity contribution in [3.63, 3.8) is 0 Å². The van der Waals surface area contributed by atoms with Crippen LogP contribution in [0.1, 0.15) is 16.7 Å². The quantitative estimate of drug-likeness (QED) is 0.371. The fraction of sp³-hybridized carbons (Fsp3) is 0.222. The molecule has 0 radical (unpaired) electrons. The van der Waals surface area contributed by atoms with Crippen LogP contribution in [0.5, 0.6) is 0 Å². The number of methoxy groups -OCH3 is 1. The van der Waals surface area contributed by atoms with E-state index in [4.69, 9.17) is 32.7 Å². The van der Waals surface area contributed by atoms with Crippen LogP contribution in [0.4, 0.5) is 4.79 Å². The highest BCUT2D eigenvalue weighted by molar-refractivity contribution is 6.35. The fourth-order valence-electron chi connectivity index (χ4n) is 3.48. The predicted molar refractivity (Wildman–Crippen MR) is 138 cm³/mol. The van der Waals surface area contributed by atoms with Crippen molar-refractivity contribution >= 4 is 41.2 Å². The number of rotatable bonds is 10. The number of esters is 1. The Morgan fingerprint density at radius 1 is 0.806 bits per heavy atom. The summed E-state index contributed by atoms with van der Waals surface area (Å²) in [5.41, 5.74) is 2.23. The van der Waals surface area contributed by atoms with Crippen molar-refractivity contribution in [2.24, 2.45) is 0 Å². The average Bonchev–Trinajstić information content (AvgIpc) is 2.88. The number of carbonyl (C=O) groups excluding carboxylic acids is 3. The van der Waals surface area contributed by atoms with Gasteiger partial charge in [-0.1, -0.05) is 89.9 Å². The molecule has 0 saturated carbocycles. The predicted octanol–water partition coefficient (Wildman–Crippen LogP) is 4.73. The second-order valence-corrected chi connectivity index (χ2v) is 8.82. The van der Waals surface area contributed by atoms with E-state index < -0.39 is 30.1 Å². The third-order valence-electron chi connectivity index (χ3n) is 5.35. The van der Waals surface area contributed by atoms with Crippen LogP contribution in [0.2, 0.25) is 10.0 Å². The van der Waals surface area contributed by atoms with Crippen molar-refractivity contribution in [1.29, 1.82) is 0 Å². The SMILES string of the molecule is COC(=O)[C@H](Cc1ccc(Cl)cc1Cl)NC(=O)[C@@H](Cc1ccccc1)NC(=O)OCc1ccccc1. The summed E-state index contributed by atoms with van der Waals surface area (Å²) in [7, 11) is 1.23. The zero-order valence-electron chi connectivity index (χ0n) is 19.6. The van der Waals surface area contributed by atoms with Gasteiger partial charge in [0.15, 0.2) is 0 Å². The Balaban J connectivity index is 1.73. The van der Waals surface area contributed by atoms with E-state index >= 15 is 0 Å². The van der Waals surface area contributed by atoms with Crippen molar-refractivity contribution in [3.8, 4) is 0 Å². The van der Waals surface area contributed by atoms with E-state index in [1.54, 1.807) is 18.2 Å². The Morgan fingerprint density at radius 3 is 2.06 bits per heavy atom. The van der Waals surface area contributed by atoms with Crippen LogP contribution < -0.4 is 10.6 Å². The highest BCUT2D eigenvalue weighted by Gasteiger charge is 2.28. The zero-order chi connectivity index (χ0) is 25.9. The molecular weight excluding hydrogens is 503 g/mol. The number of benzene rings is 3. The lowest BCUT2D eigenvalue weighted by atomic mass is 10.0. The summed E-state index contributed by atoms with van der Waals surface area (Å²) >= 11 is 12.2. The standard InChI is InChI=1S/C27H26Cl2N2O5/c1-35-26(33)24(15-20-12-13-21(28)16-22(20)29)30-25(32)23(14-18-8-4-2-5-9-18)31-27(34)36-17-19-10-6-3-7-11-19/h2-13,16,23-24H,14-15,17H2,1H3,(H,30,32)(H,31,34)/t23-,24+/m1/s1. The van der Waals surface area contributed by atoms with E-state index in [1.807, 2.05) is 60.7 Å². The molecule has 2 N–H and O–H groups in total. The molecule has 0 spiro atoms. The molecule has 2 atom stereocenters. The van der Waals surface area contributed by atoms with E-state index in [0.717, 1.165) is 11.1 Å². The molecule has 0 aliphatic rings. The number of carbonyl (C=O) groups is 3. The van der Waals surface area contributed by atoms with Crippen molar-refractivity contribution in [3.05, 3.63) is 106 Å². The molecule has 2 amide bonds. The third kappa shape index (κ3) is 8.29. The van der Waals surface area contributed by atoms with Crippen molar-refractivity contribution in [2.45, 2.75) is 31.5 Å². The lowest BCUT2D eigenvalue weighted by molar-refractivity contribution is -0.145. The van der Waals surface area contributed by atoms with Crippen molar-refractivity contribution < 1.29 is 23.9 Å². The number of nitrogens with one attached hydrogen (secondary N) is 2. The molecule has 0 bridgehead atoms. The van der Waals surface area contributed by atoms with E-state index in [1.165, 1.54) is 7.11 Å². The largest absolute Gasteiger partial charge is 0.467 e. The zero-order valence-corrected chi connectivity index (χ0v) is 21.1. The average molecular weight is 529 g/mol. The Morgan fingerprint density at radius 2 is 1.44 bits per heavy atom. The first-order valence-electron chi connectivity index (χ1n) is 11.2. The maximum atomic E-state index is 13.3. The summed E-state index contributed by atoms with van der Waals surface area (Å²) in [6.45, 7) is 0.0478. The van der Waals surface area contributed by atoms with E-state index in [0.29, 0.717) is 15.6 Å². The number of hydrogen-bond acceptors (Lipinski definition) is 5. The summed E-state index contributed by atoms with van der Waals surface area (Å²) in [5, 5.41) is 6.10. The highest BCUT2D eigenvalue weighted by Crippen LogP contribution is 2.22. The fourth-order valence-corrected chi connectivity index (χ4v) is 3.97. The maximum absolute atomic E-state index is 13.3. The number of ether oxygens (including phenoxy) is 2. The van der Waals surface area contributed by atoms with Crippen molar-refractivity contribution in [2.75, 3.05) is 7.11 Å². The van der Waals surface area contributed by atoms with Crippen LogP contribution >= 0.6 is 23.2 Å². The summed E-state index contributed by atoms with van der Waals surface area (Å²) in [6, 6.07) is 21.2. The maximum Gasteiger partial charge on any atom is 0.408 e. The van der Waals surface area contributed by atoms with Gasteiger partial charge in [0, 0.05) is 22.9 Å². The van der Waals surface area contributed by atoms with Crippen LogP contribution in [0.15, 0.2) is 78.9 Å². The molecule has 0 fully saturated rings. The molecule has 9 heteroatoms. The number of hydrogen-bond donors (Lipinski definition) is 2. The molecule has 7 nitrogen and oxygen atoms in total. The minimum absolute atomic E-state index is 0.0478. The number of halogens is 2. The normalized spacial score (nSPS) is 12.2. The summed E-state index contributed by atoms with van der Waals surface area (Å²) in [4.78, 5) is 38.3. The Kier molecular flexibility index (Phi) is 10.2. The number of alkyl carbamates (subject to hydrolysis) is 1. The lowest BCUT2D eigenvalue weighted by Crippen LogP contribution is -2.53. The van der Waals surface area contributed by atoms with Gasteiger partial charge in [0.1, 0.15) is 18.7 Å². The van der Waals surface area contributed by atoms with E-state index in [9.17, 15) is 14.4 Å². The van der Waals surface area contributed by atoms with Gasteiger partial charge in [-0.25, -0.2) is 9.59 Å². The van der Waals surface area contributed by atoms with Crippen LogP contribution in [0, 0.1) is 0 Å². The van der Waals surface area contributed by atoms with Crippen LogP contribution in [0.3, 0.4) is 0 Å². The second kappa shape index (κ2) is 13.5. The molecule has 3 aromatic rings. The third-order valence-corrected chi connectivity index (χ3v) is 5.93. The summed E-state index contributed by atoms with van der Waals surface area (Å²) in [6.07, 6.45) is -0.501. The Labute approximate surface area is 219 Å². The minimum Gasteiger partial charge on any atom is -0.467 e. The van der Waals surface area contributed by atoms with Gasteiger partial charge in [-0.15, -0.1) is 0 Å². The van der Waals surface area contributed by atoms with Gasteiger partial charge < -0.3 is 20.1 Å². The second-order valence-electron chi connectivity index (χ2n) is 7.97. The molecule has 0 heterocycles. The molecule has 36 heavy (non-hydrogen) atoms. The molecule has 3 aromatic carbocycles. The first-order valence-corrected chi connectivity index (χ1v) is 11.9. The van der Waals surface area contributed by atoms with Gasteiger partial charge in [-0.05, 0) is 28.8 Å². The molecule has 0 aromatic heterocycles. The molecule has 0 aliphatic carbocycles. The van der Waals surface area contributed by atoms with Gasteiger partial charge in [0.05, 0.1) is 7.11 Å². The molecular formula is C27H26Cl2N2O5. The molecule has 0 saturated heterocycles. The number of amides is 2. The smallest absolute Gasteiger partial charge is 0.408 e. The van der Waals surface area contributed by atoms with E-state index in [2.05, 4.69) is 10.6 Å².